The summed E-state index contributed by atoms with van der Waals surface area (Å²) in [6.07, 6.45) is 5.84. The quantitative estimate of drug-likeness (QED) is 0.599. The summed E-state index contributed by atoms with van der Waals surface area (Å²) >= 11 is 0. The molecule has 0 bridgehead atoms. The molecule has 2 atom stereocenters. The van der Waals surface area contributed by atoms with Gasteiger partial charge in [-0.1, -0.05) is 38.1 Å². The summed E-state index contributed by atoms with van der Waals surface area (Å²) in [6.45, 7) is 9.25. The molecule has 1 aromatic carbocycles. The normalized spacial score (nSPS) is 20.4. The van der Waals surface area contributed by atoms with Crippen molar-refractivity contribution in [2.45, 2.75) is 64.5 Å². The van der Waals surface area contributed by atoms with E-state index in [1.165, 1.54) is 37.1 Å². The van der Waals surface area contributed by atoms with Gasteiger partial charge in [-0.2, -0.15) is 0 Å². The minimum atomic E-state index is 0.134. The van der Waals surface area contributed by atoms with E-state index in [0.29, 0.717) is 0 Å². The number of hydrazine groups is 1. The van der Waals surface area contributed by atoms with Crippen LogP contribution in [0.5, 0.6) is 0 Å². The molecule has 1 saturated heterocycles. The Bertz CT molecular complexity index is 423. The van der Waals surface area contributed by atoms with Gasteiger partial charge in [-0.3, -0.25) is 16.2 Å². The lowest BCUT2D eigenvalue weighted by Gasteiger charge is -2.44. The zero-order chi connectivity index (χ0) is 15.3. The number of rotatable bonds is 7. The molecule has 1 aliphatic heterocycles. The van der Waals surface area contributed by atoms with E-state index in [1.54, 1.807) is 0 Å². The Labute approximate surface area is 129 Å². The van der Waals surface area contributed by atoms with E-state index >= 15 is 0 Å². The van der Waals surface area contributed by atoms with Crippen molar-refractivity contribution in [3.63, 3.8) is 0 Å². The fraction of sp³-hybridized carbons (Fsp3) is 0.667. The van der Waals surface area contributed by atoms with Gasteiger partial charge in [0.15, 0.2) is 0 Å². The molecule has 0 aromatic heterocycles. The molecule has 2 rings (SSSR count). The highest BCUT2D eigenvalue weighted by Crippen LogP contribution is 2.29. The molecule has 1 heterocycles. The van der Waals surface area contributed by atoms with Crippen molar-refractivity contribution in [2.75, 3.05) is 13.1 Å². The highest BCUT2D eigenvalue weighted by molar-refractivity contribution is 5.24. The first-order chi connectivity index (χ1) is 10.1. The molecule has 0 spiro atoms. The van der Waals surface area contributed by atoms with Gasteiger partial charge >= 0.3 is 0 Å². The third kappa shape index (κ3) is 3.65. The van der Waals surface area contributed by atoms with Gasteiger partial charge in [-0.25, -0.2) is 0 Å². The molecule has 3 N–H and O–H groups in total. The highest BCUT2D eigenvalue weighted by atomic mass is 15.3. The number of aryl methyl sites for hydroxylation is 1. The molecule has 21 heavy (non-hydrogen) atoms. The average Bonchev–Trinajstić information content (AvgIpc) is 3.07. The average molecular weight is 289 g/mol. The summed E-state index contributed by atoms with van der Waals surface area (Å²) in [5.41, 5.74) is 6.01. The van der Waals surface area contributed by atoms with Gasteiger partial charge in [0.05, 0.1) is 0 Å². The Morgan fingerprint density at radius 2 is 1.71 bits per heavy atom. The standard InChI is InChI=1S/C18H31N3/c1-4-15-8-10-16(11-9-15)14-17(20-19)18(3,5-2)21-12-6-7-13-21/h8-11,17,20H,4-7,12-14,19H2,1-3H3. The smallest absolute Gasteiger partial charge is 0.0432 e. The van der Waals surface area contributed by atoms with E-state index in [-0.39, 0.29) is 11.6 Å². The number of likely N-dealkylation sites (tertiary alicyclic amines) is 1. The topological polar surface area (TPSA) is 41.3 Å². The van der Waals surface area contributed by atoms with Gasteiger partial charge in [0.25, 0.3) is 0 Å². The van der Waals surface area contributed by atoms with E-state index in [1.807, 2.05) is 0 Å². The Morgan fingerprint density at radius 1 is 1.14 bits per heavy atom. The summed E-state index contributed by atoms with van der Waals surface area (Å²) in [7, 11) is 0. The monoisotopic (exact) mass is 289 g/mol. The molecule has 2 unspecified atom stereocenters. The van der Waals surface area contributed by atoms with Crippen molar-refractivity contribution in [2.24, 2.45) is 5.84 Å². The summed E-state index contributed by atoms with van der Waals surface area (Å²) in [5.74, 6) is 5.93. The number of nitrogens with two attached hydrogens (primary N) is 1. The van der Waals surface area contributed by atoms with Crippen LogP contribution in [0.3, 0.4) is 0 Å². The Kier molecular flexibility index (Phi) is 5.80. The lowest BCUT2D eigenvalue weighted by atomic mass is 9.84. The van der Waals surface area contributed by atoms with Gasteiger partial charge < -0.3 is 0 Å². The van der Waals surface area contributed by atoms with Gasteiger partial charge in [0.2, 0.25) is 0 Å². The molecule has 118 valence electrons. The Hall–Kier alpha value is -0.900. The van der Waals surface area contributed by atoms with Crippen molar-refractivity contribution >= 4 is 0 Å². The van der Waals surface area contributed by atoms with E-state index in [9.17, 15) is 0 Å². The summed E-state index contributed by atoms with van der Waals surface area (Å²) in [5, 5.41) is 0. The molecular formula is C18H31N3. The molecule has 0 saturated carbocycles. The molecule has 1 fully saturated rings. The predicted octanol–water partition coefficient (Wildman–Crippen LogP) is 2.89. The van der Waals surface area contributed by atoms with E-state index in [0.717, 1.165) is 19.3 Å². The zero-order valence-corrected chi connectivity index (χ0v) is 13.9. The maximum absolute atomic E-state index is 5.93. The summed E-state index contributed by atoms with van der Waals surface area (Å²) in [4.78, 5) is 2.62. The van der Waals surface area contributed by atoms with Crippen LogP contribution >= 0.6 is 0 Å². The second-order valence-corrected chi connectivity index (χ2v) is 6.50. The molecule has 3 nitrogen and oxygen atoms in total. The summed E-state index contributed by atoms with van der Waals surface area (Å²) < 4.78 is 0. The molecule has 3 heteroatoms. The van der Waals surface area contributed by atoms with Crippen LogP contribution in [0.1, 0.15) is 51.2 Å². The minimum Gasteiger partial charge on any atom is -0.296 e. The van der Waals surface area contributed by atoms with Gasteiger partial charge in [-0.15, -0.1) is 0 Å². The molecule has 1 aliphatic rings. The van der Waals surface area contributed by atoms with E-state index < -0.39 is 0 Å². The fourth-order valence-corrected chi connectivity index (χ4v) is 3.52. The van der Waals surface area contributed by atoms with E-state index in [2.05, 4.69) is 55.4 Å². The van der Waals surface area contributed by atoms with Crippen LogP contribution in [-0.2, 0) is 12.8 Å². The van der Waals surface area contributed by atoms with Crippen molar-refractivity contribution < 1.29 is 0 Å². The van der Waals surface area contributed by atoms with Crippen molar-refractivity contribution in [1.82, 2.24) is 10.3 Å². The summed E-state index contributed by atoms with van der Waals surface area (Å²) in [6, 6.07) is 9.27. The second kappa shape index (κ2) is 7.39. The van der Waals surface area contributed by atoms with Crippen molar-refractivity contribution in [3.05, 3.63) is 35.4 Å². The number of nitrogens with zero attached hydrogens (tertiary/aromatic N) is 1. The maximum Gasteiger partial charge on any atom is 0.0432 e. The number of benzene rings is 1. The lowest BCUT2D eigenvalue weighted by Crippen LogP contribution is -2.61. The van der Waals surface area contributed by atoms with Gasteiger partial charge in [0, 0.05) is 11.6 Å². The Balaban J connectivity index is 2.12. The van der Waals surface area contributed by atoms with Crippen LogP contribution in [0.15, 0.2) is 24.3 Å². The highest BCUT2D eigenvalue weighted by Gasteiger charge is 2.38. The third-order valence-electron chi connectivity index (χ3n) is 5.37. The zero-order valence-electron chi connectivity index (χ0n) is 13.9. The first kappa shape index (κ1) is 16.5. The number of hydrogen-bond acceptors (Lipinski definition) is 3. The second-order valence-electron chi connectivity index (χ2n) is 6.50. The first-order valence-electron chi connectivity index (χ1n) is 8.43. The Morgan fingerprint density at radius 3 is 2.19 bits per heavy atom. The molecule has 0 aliphatic carbocycles. The van der Waals surface area contributed by atoms with Crippen LogP contribution in [0.25, 0.3) is 0 Å². The van der Waals surface area contributed by atoms with Gasteiger partial charge in [0.1, 0.15) is 0 Å². The van der Waals surface area contributed by atoms with Crippen molar-refractivity contribution in [3.8, 4) is 0 Å². The molecule has 0 amide bonds. The van der Waals surface area contributed by atoms with Crippen LogP contribution in [0.4, 0.5) is 0 Å². The van der Waals surface area contributed by atoms with E-state index in [4.69, 9.17) is 5.84 Å². The van der Waals surface area contributed by atoms with Crippen molar-refractivity contribution in [1.29, 1.82) is 0 Å². The van der Waals surface area contributed by atoms with Crippen LogP contribution in [-0.4, -0.2) is 29.6 Å². The first-order valence-corrected chi connectivity index (χ1v) is 8.43. The number of hydrogen-bond donors (Lipinski definition) is 2. The molecule has 0 radical (unpaired) electrons. The molecular weight excluding hydrogens is 258 g/mol. The third-order valence-corrected chi connectivity index (χ3v) is 5.37. The molecule has 1 aromatic rings. The van der Waals surface area contributed by atoms with Gasteiger partial charge in [-0.05, 0) is 63.2 Å². The predicted molar refractivity (Wildman–Crippen MR) is 90.1 cm³/mol. The maximum atomic E-state index is 5.93. The SMILES string of the molecule is CCc1ccc(CC(NN)C(C)(CC)N2CCCC2)cc1. The van der Waals surface area contributed by atoms with Crippen LogP contribution in [0, 0.1) is 0 Å². The largest absolute Gasteiger partial charge is 0.296 e. The fourth-order valence-electron chi connectivity index (χ4n) is 3.52. The minimum absolute atomic E-state index is 0.134. The number of nitrogens with one attached hydrogen (secondary N) is 1. The lowest BCUT2D eigenvalue weighted by molar-refractivity contribution is 0.0841. The van der Waals surface area contributed by atoms with Crippen LogP contribution in [0.2, 0.25) is 0 Å². The van der Waals surface area contributed by atoms with Crippen LogP contribution < -0.4 is 11.3 Å².